The Hall–Kier alpha value is -1.97. The summed E-state index contributed by atoms with van der Waals surface area (Å²) in [7, 11) is 3.58. The molecule has 0 saturated heterocycles. The lowest BCUT2D eigenvalue weighted by molar-refractivity contribution is 0.415. The van der Waals surface area contributed by atoms with Crippen LogP contribution in [0.5, 0.6) is 5.75 Å². The third kappa shape index (κ3) is 2.00. The van der Waals surface area contributed by atoms with E-state index in [1.807, 2.05) is 49.1 Å². The van der Waals surface area contributed by atoms with E-state index >= 15 is 0 Å². The Balaban J connectivity index is 2.23. The molecule has 0 radical (unpaired) electrons. The van der Waals surface area contributed by atoms with Crippen molar-refractivity contribution in [3.8, 4) is 5.75 Å². The summed E-state index contributed by atoms with van der Waals surface area (Å²) in [5.41, 5.74) is 3.11. The van der Waals surface area contributed by atoms with Crippen LogP contribution in [0.4, 0.5) is 11.4 Å². The fourth-order valence-corrected chi connectivity index (χ4v) is 1.48. The van der Waals surface area contributed by atoms with Crippen molar-refractivity contribution >= 4 is 11.4 Å². The molecule has 0 aliphatic heterocycles. The van der Waals surface area contributed by atoms with E-state index in [0.717, 1.165) is 22.8 Å². The van der Waals surface area contributed by atoms with Crippen molar-refractivity contribution in [2.75, 3.05) is 12.4 Å². The smallest absolute Gasteiger partial charge is 0.120 e. The molecule has 2 aromatic rings. The molecule has 1 heterocycles. The highest BCUT2D eigenvalue weighted by Gasteiger charge is 2.03. The molecule has 84 valence electrons. The Morgan fingerprint density at radius 2 is 2.19 bits per heavy atom. The van der Waals surface area contributed by atoms with E-state index in [4.69, 9.17) is 4.74 Å². The monoisotopic (exact) mass is 217 g/mol. The maximum atomic E-state index is 5.17. The van der Waals surface area contributed by atoms with Gasteiger partial charge in [-0.25, -0.2) is 0 Å². The summed E-state index contributed by atoms with van der Waals surface area (Å²) in [5.74, 6) is 0.839. The molecule has 4 heteroatoms. The molecular formula is C12H15N3O. The number of rotatable bonds is 3. The third-order valence-corrected chi connectivity index (χ3v) is 2.58. The number of ether oxygens (including phenoxy) is 1. The van der Waals surface area contributed by atoms with Gasteiger partial charge in [0.15, 0.2) is 0 Å². The second kappa shape index (κ2) is 4.26. The molecule has 0 saturated carbocycles. The Kier molecular flexibility index (Phi) is 2.81. The van der Waals surface area contributed by atoms with Crippen molar-refractivity contribution in [3.05, 3.63) is 36.2 Å². The van der Waals surface area contributed by atoms with E-state index in [9.17, 15) is 0 Å². The molecule has 0 spiro atoms. The minimum absolute atomic E-state index is 0.839. The molecule has 0 aliphatic carbocycles. The molecule has 1 aromatic carbocycles. The first-order valence-corrected chi connectivity index (χ1v) is 5.10. The van der Waals surface area contributed by atoms with Crippen molar-refractivity contribution in [2.45, 2.75) is 6.92 Å². The lowest BCUT2D eigenvalue weighted by Crippen LogP contribution is -1.95. The van der Waals surface area contributed by atoms with Gasteiger partial charge in [0.25, 0.3) is 0 Å². The van der Waals surface area contributed by atoms with E-state index in [1.165, 1.54) is 0 Å². The molecule has 0 bridgehead atoms. The van der Waals surface area contributed by atoms with Gasteiger partial charge in [-0.1, -0.05) is 6.07 Å². The van der Waals surface area contributed by atoms with E-state index < -0.39 is 0 Å². The number of aromatic nitrogens is 2. The van der Waals surface area contributed by atoms with E-state index in [1.54, 1.807) is 7.11 Å². The molecule has 1 aromatic heterocycles. The number of anilines is 2. The molecule has 2 rings (SSSR count). The maximum Gasteiger partial charge on any atom is 0.120 e. The second-order valence-corrected chi connectivity index (χ2v) is 3.62. The minimum Gasteiger partial charge on any atom is -0.497 e. The fourth-order valence-electron chi connectivity index (χ4n) is 1.48. The molecule has 1 N–H and O–H groups in total. The highest BCUT2D eigenvalue weighted by molar-refractivity contribution is 5.62. The first kappa shape index (κ1) is 10.5. The summed E-state index contributed by atoms with van der Waals surface area (Å²) >= 11 is 0. The quantitative estimate of drug-likeness (QED) is 0.858. The van der Waals surface area contributed by atoms with Crippen LogP contribution in [0, 0.1) is 6.92 Å². The summed E-state index contributed by atoms with van der Waals surface area (Å²) in [6, 6.07) is 7.82. The highest BCUT2D eigenvalue weighted by atomic mass is 16.5. The molecule has 0 atom stereocenters. The largest absolute Gasteiger partial charge is 0.497 e. The summed E-state index contributed by atoms with van der Waals surface area (Å²) in [5, 5.41) is 7.48. The van der Waals surface area contributed by atoms with Gasteiger partial charge in [-0.3, -0.25) is 4.68 Å². The summed E-state index contributed by atoms with van der Waals surface area (Å²) in [6.45, 7) is 2.02. The van der Waals surface area contributed by atoms with E-state index in [2.05, 4.69) is 10.4 Å². The number of nitrogens with one attached hydrogen (secondary N) is 1. The zero-order valence-corrected chi connectivity index (χ0v) is 9.69. The molecule has 0 fully saturated rings. The third-order valence-electron chi connectivity index (χ3n) is 2.58. The van der Waals surface area contributed by atoms with Crippen LogP contribution in [0.3, 0.4) is 0 Å². The van der Waals surface area contributed by atoms with Crippen LogP contribution < -0.4 is 10.1 Å². The number of methoxy groups -OCH3 is 1. The van der Waals surface area contributed by atoms with Crippen LogP contribution >= 0.6 is 0 Å². The van der Waals surface area contributed by atoms with Gasteiger partial charge in [0, 0.05) is 18.8 Å². The van der Waals surface area contributed by atoms with Gasteiger partial charge in [0.1, 0.15) is 5.75 Å². The zero-order valence-electron chi connectivity index (χ0n) is 9.69. The number of nitrogens with zero attached hydrogens (tertiary/aromatic N) is 2. The topological polar surface area (TPSA) is 39.1 Å². The zero-order chi connectivity index (χ0) is 11.5. The molecular weight excluding hydrogens is 202 g/mol. The second-order valence-electron chi connectivity index (χ2n) is 3.62. The molecule has 0 aliphatic rings. The lowest BCUT2D eigenvalue weighted by atomic mass is 10.3. The maximum absolute atomic E-state index is 5.17. The van der Waals surface area contributed by atoms with Crippen LogP contribution in [-0.2, 0) is 7.05 Å². The van der Waals surface area contributed by atoms with Crippen molar-refractivity contribution in [2.24, 2.45) is 7.05 Å². The minimum atomic E-state index is 0.839. The summed E-state index contributed by atoms with van der Waals surface area (Å²) < 4.78 is 7.00. The molecule has 4 nitrogen and oxygen atoms in total. The van der Waals surface area contributed by atoms with E-state index in [0.29, 0.717) is 0 Å². The predicted molar refractivity (Wildman–Crippen MR) is 64.2 cm³/mol. The van der Waals surface area contributed by atoms with Crippen molar-refractivity contribution < 1.29 is 4.74 Å². The van der Waals surface area contributed by atoms with Gasteiger partial charge in [0.05, 0.1) is 24.7 Å². The highest BCUT2D eigenvalue weighted by Crippen LogP contribution is 2.22. The summed E-state index contributed by atoms with van der Waals surface area (Å²) in [4.78, 5) is 0. The Bertz CT molecular complexity index is 491. The molecule has 16 heavy (non-hydrogen) atoms. The van der Waals surface area contributed by atoms with Gasteiger partial charge in [0.2, 0.25) is 0 Å². The first-order chi connectivity index (χ1) is 7.70. The molecule has 0 amide bonds. The Labute approximate surface area is 94.9 Å². The standard InChI is InChI=1S/C12H15N3O/c1-9-12(8-13-15(9)2)14-10-5-4-6-11(7-10)16-3/h4-8,14H,1-3H3. The predicted octanol–water partition coefficient (Wildman–Crippen LogP) is 2.48. The van der Waals surface area contributed by atoms with Crippen LogP contribution in [0.15, 0.2) is 30.5 Å². The van der Waals surface area contributed by atoms with Gasteiger partial charge < -0.3 is 10.1 Å². The van der Waals surface area contributed by atoms with Gasteiger partial charge in [-0.05, 0) is 19.1 Å². The van der Waals surface area contributed by atoms with Crippen molar-refractivity contribution in [3.63, 3.8) is 0 Å². The number of hydrogen-bond acceptors (Lipinski definition) is 3. The first-order valence-electron chi connectivity index (χ1n) is 5.10. The van der Waals surface area contributed by atoms with Crippen LogP contribution in [0.2, 0.25) is 0 Å². The average molecular weight is 217 g/mol. The average Bonchev–Trinajstić information content (AvgIpc) is 2.61. The summed E-state index contributed by atoms with van der Waals surface area (Å²) in [6.07, 6.45) is 1.81. The molecule has 0 unspecified atom stereocenters. The normalized spacial score (nSPS) is 10.2. The van der Waals surface area contributed by atoms with Gasteiger partial charge in [-0.15, -0.1) is 0 Å². The van der Waals surface area contributed by atoms with E-state index in [-0.39, 0.29) is 0 Å². The lowest BCUT2D eigenvalue weighted by Gasteiger charge is -2.07. The number of aryl methyl sites for hydroxylation is 1. The Morgan fingerprint density at radius 1 is 1.38 bits per heavy atom. The number of benzene rings is 1. The van der Waals surface area contributed by atoms with Crippen LogP contribution in [-0.4, -0.2) is 16.9 Å². The number of hydrogen-bond donors (Lipinski definition) is 1. The van der Waals surface area contributed by atoms with Crippen LogP contribution in [0.1, 0.15) is 5.69 Å². The van der Waals surface area contributed by atoms with Gasteiger partial charge in [-0.2, -0.15) is 5.10 Å². The van der Waals surface area contributed by atoms with Crippen molar-refractivity contribution in [1.29, 1.82) is 0 Å². The van der Waals surface area contributed by atoms with Crippen molar-refractivity contribution in [1.82, 2.24) is 9.78 Å². The fraction of sp³-hybridized carbons (Fsp3) is 0.250. The SMILES string of the molecule is COc1cccc(Nc2cnn(C)c2C)c1. The van der Waals surface area contributed by atoms with Crippen LogP contribution in [0.25, 0.3) is 0 Å². The van der Waals surface area contributed by atoms with Gasteiger partial charge >= 0.3 is 0 Å². The Morgan fingerprint density at radius 3 is 2.81 bits per heavy atom.